The Bertz CT molecular complexity index is 1820. The first-order valence-electron chi connectivity index (χ1n) is 18.5. The Kier molecular flexibility index (Phi) is 10.3. The fourth-order valence-corrected chi connectivity index (χ4v) is 8.93. The van der Waals surface area contributed by atoms with Gasteiger partial charge in [0.1, 0.15) is 28.7 Å². The second-order valence-corrected chi connectivity index (χ2v) is 14.9. The van der Waals surface area contributed by atoms with Gasteiger partial charge in [0, 0.05) is 74.2 Å². The van der Waals surface area contributed by atoms with Crippen molar-refractivity contribution in [3.63, 3.8) is 0 Å². The van der Waals surface area contributed by atoms with E-state index in [1.807, 2.05) is 15.9 Å². The molecule has 0 radical (unpaired) electrons. The van der Waals surface area contributed by atoms with Crippen molar-refractivity contribution in [2.45, 2.75) is 68.4 Å². The quantitative estimate of drug-likeness (QED) is 0.249. The lowest BCUT2D eigenvalue weighted by atomic mass is 9.91. The van der Waals surface area contributed by atoms with E-state index in [0.29, 0.717) is 75.3 Å². The van der Waals surface area contributed by atoms with E-state index in [-0.39, 0.29) is 34.3 Å². The van der Waals surface area contributed by atoms with Gasteiger partial charge in [-0.2, -0.15) is 9.97 Å². The van der Waals surface area contributed by atoms with Crippen LogP contribution in [0.4, 0.5) is 23.4 Å². The number of carbonyl (C=O) groups excluding carboxylic acids is 1. The van der Waals surface area contributed by atoms with E-state index in [1.165, 1.54) is 44.3 Å². The summed E-state index contributed by atoms with van der Waals surface area (Å²) < 4.78 is 72.6. The number of rotatable bonds is 7. The zero-order valence-electron chi connectivity index (χ0n) is 29.8. The molecule has 284 valence electrons. The third-order valence-corrected chi connectivity index (χ3v) is 11.7. The highest BCUT2D eigenvalue weighted by atomic mass is 19.3. The van der Waals surface area contributed by atoms with E-state index in [4.69, 9.17) is 14.2 Å². The van der Waals surface area contributed by atoms with Crippen LogP contribution in [0.3, 0.4) is 0 Å². The number of benzene rings is 1. The summed E-state index contributed by atoms with van der Waals surface area (Å²) in [5.74, 6) is -0.524. The average Bonchev–Trinajstić information content (AvgIpc) is 3.80. The highest BCUT2D eigenvalue weighted by Gasteiger charge is 2.50. The standard InChI is InChI=1S/C31H33F3N6O4.C7H12FN/c1-42-30-36-27-23(13-35-26(25(27)32)21-5-2-3-6-22(21)28(33)34)29(37-30)38-11-12-40(31(16-38)17-44-18-31)24(41)7-4-10-39-19-8-9-20(39)15-43-14-19;8-6-4-7-2-1-3-9(7)5-6/h2-7,13,19-20,28H,8-12,14-18H2,1H3;6-7H,1-5H2/b7-4+;/t19-,20+;. The zero-order valence-corrected chi connectivity index (χ0v) is 29.8. The smallest absolute Gasteiger partial charge is 0.318 e. The Labute approximate surface area is 305 Å². The van der Waals surface area contributed by atoms with Gasteiger partial charge in [0.15, 0.2) is 5.82 Å². The van der Waals surface area contributed by atoms with Crippen molar-refractivity contribution in [1.82, 2.24) is 29.7 Å². The van der Waals surface area contributed by atoms with E-state index in [9.17, 15) is 18.0 Å². The van der Waals surface area contributed by atoms with Crippen LogP contribution in [0.1, 0.15) is 44.1 Å². The number of alkyl halides is 3. The van der Waals surface area contributed by atoms with Crippen LogP contribution in [-0.4, -0.2) is 138 Å². The zero-order chi connectivity index (χ0) is 36.7. The van der Waals surface area contributed by atoms with Crippen LogP contribution in [0.25, 0.3) is 22.2 Å². The molecule has 2 unspecified atom stereocenters. The van der Waals surface area contributed by atoms with Gasteiger partial charge in [-0.15, -0.1) is 0 Å². The van der Waals surface area contributed by atoms with Crippen LogP contribution in [-0.2, 0) is 14.3 Å². The van der Waals surface area contributed by atoms with E-state index >= 15 is 4.39 Å². The van der Waals surface area contributed by atoms with Gasteiger partial charge >= 0.3 is 6.01 Å². The maximum absolute atomic E-state index is 16.0. The molecule has 2 aromatic heterocycles. The molecule has 1 spiro atoms. The molecule has 11 nitrogen and oxygen atoms in total. The molecule has 1 aromatic carbocycles. The molecule has 1 amide bonds. The van der Waals surface area contributed by atoms with Crippen molar-refractivity contribution in [2.24, 2.45) is 0 Å². The third-order valence-electron chi connectivity index (χ3n) is 11.7. The number of amides is 1. The van der Waals surface area contributed by atoms with E-state index in [1.54, 1.807) is 12.1 Å². The molecular formula is C38H45F4N7O4. The molecule has 15 heteroatoms. The first-order valence-corrected chi connectivity index (χ1v) is 18.5. The number of halogens is 4. The Balaban J connectivity index is 0.000000386. The molecule has 6 aliphatic heterocycles. The minimum Gasteiger partial charge on any atom is -0.467 e. The second-order valence-electron chi connectivity index (χ2n) is 14.9. The van der Waals surface area contributed by atoms with Gasteiger partial charge in [-0.05, 0) is 38.6 Å². The largest absolute Gasteiger partial charge is 0.467 e. The topological polar surface area (TPSA) is 96.4 Å². The van der Waals surface area contributed by atoms with Crippen molar-refractivity contribution in [1.29, 1.82) is 0 Å². The van der Waals surface area contributed by atoms with Crippen molar-refractivity contribution in [3.8, 4) is 17.3 Å². The molecule has 8 heterocycles. The number of ether oxygens (including phenoxy) is 3. The number of pyridine rings is 1. The normalized spacial score (nSPS) is 26.7. The molecular weight excluding hydrogens is 694 g/mol. The van der Waals surface area contributed by atoms with E-state index in [0.717, 1.165) is 39.0 Å². The summed E-state index contributed by atoms with van der Waals surface area (Å²) in [6.07, 6.45) is 7.28. The van der Waals surface area contributed by atoms with Crippen molar-refractivity contribution in [3.05, 3.63) is 54.0 Å². The first-order chi connectivity index (χ1) is 25.7. The Morgan fingerprint density at radius 2 is 1.85 bits per heavy atom. The van der Waals surface area contributed by atoms with Gasteiger partial charge < -0.3 is 24.0 Å². The van der Waals surface area contributed by atoms with Crippen LogP contribution < -0.4 is 9.64 Å². The average molecular weight is 740 g/mol. The van der Waals surface area contributed by atoms with Crippen LogP contribution >= 0.6 is 0 Å². The number of piperazine rings is 1. The van der Waals surface area contributed by atoms with Crippen molar-refractivity contribution in [2.75, 3.05) is 77.7 Å². The number of anilines is 1. The molecule has 4 atom stereocenters. The van der Waals surface area contributed by atoms with Crippen LogP contribution in [0.2, 0.25) is 0 Å². The third kappa shape index (κ3) is 6.96. The number of carbonyl (C=O) groups is 1. The molecule has 3 aromatic rings. The number of hydrogen-bond donors (Lipinski definition) is 0. The summed E-state index contributed by atoms with van der Waals surface area (Å²) >= 11 is 0. The summed E-state index contributed by atoms with van der Waals surface area (Å²) in [6, 6.07) is 7.06. The molecule has 0 aliphatic carbocycles. The molecule has 0 N–H and O–H groups in total. The van der Waals surface area contributed by atoms with Crippen LogP contribution in [0, 0.1) is 5.82 Å². The van der Waals surface area contributed by atoms with Crippen LogP contribution in [0.5, 0.6) is 6.01 Å². The van der Waals surface area contributed by atoms with Gasteiger partial charge in [-0.1, -0.05) is 30.3 Å². The summed E-state index contributed by atoms with van der Waals surface area (Å²) in [6.45, 7) is 5.99. The Morgan fingerprint density at radius 3 is 2.57 bits per heavy atom. The molecule has 6 aliphatic rings. The number of morpholine rings is 1. The van der Waals surface area contributed by atoms with Crippen LogP contribution in [0.15, 0.2) is 42.6 Å². The fraction of sp³-hybridized carbons (Fsp3) is 0.579. The summed E-state index contributed by atoms with van der Waals surface area (Å²) in [7, 11) is 1.38. The van der Waals surface area contributed by atoms with Gasteiger partial charge in [0.2, 0.25) is 5.91 Å². The van der Waals surface area contributed by atoms with Gasteiger partial charge in [0.05, 0.1) is 38.9 Å². The minimum atomic E-state index is -2.80. The maximum atomic E-state index is 16.0. The van der Waals surface area contributed by atoms with E-state index in [2.05, 4.69) is 24.8 Å². The fourth-order valence-electron chi connectivity index (χ4n) is 8.93. The summed E-state index contributed by atoms with van der Waals surface area (Å²) in [5.41, 5.74) is -1.22. The molecule has 6 fully saturated rings. The number of nitrogens with zero attached hydrogens (tertiary/aromatic N) is 7. The number of aromatic nitrogens is 3. The predicted octanol–water partition coefficient (Wildman–Crippen LogP) is 4.81. The molecule has 53 heavy (non-hydrogen) atoms. The lowest BCUT2D eigenvalue weighted by Gasteiger charge is -2.55. The Hall–Kier alpha value is -3.92. The monoisotopic (exact) mass is 739 g/mol. The van der Waals surface area contributed by atoms with Gasteiger partial charge in [-0.3, -0.25) is 19.6 Å². The summed E-state index contributed by atoms with van der Waals surface area (Å²) in [5, 5.41) is 0.316. The maximum Gasteiger partial charge on any atom is 0.318 e. The molecule has 0 saturated carbocycles. The first kappa shape index (κ1) is 36.1. The van der Waals surface area contributed by atoms with Gasteiger partial charge in [0.25, 0.3) is 6.43 Å². The summed E-state index contributed by atoms with van der Waals surface area (Å²) in [4.78, 5) is 35.0. The molecule has 6 saturated heterocycles. The van der Waals surface area contributed by atoms with Gasteiger partial charge in [-0.25, -0.2) is 17.6 Å². The second kappa shape index (κ2) is 15.1. The SMILES string of the molecule is COc1nc(N2CCN(C(=O)/C=C/CN3[C@@H]4CC[C@H]3COC4)C3(COC3)C2)c2cnc(-c3ccccc3C(F)F)c(F)c2n1.FC1CC2CCCN2C1. The highest BCUT2D eigenvalue weighted by molar-refractivity contribution is 5.93. The van der Waals surface area contributed by atoms with Crippen molar-refractivity contribution < 1.29 is 36.6 Å². The highest BCUT2D eigenvalue weighted by Crippen LogP contribution is 2.38. The predicted molar refractivity (Wildman–Crippen MR) is 189 cm³/mol. The Morgan fingerprint density at radius 1 is 1.06 bits per heavy atom. The number of fused-ring (bicyclic) bond motifs is 4. The lowest BCUT2D eigenvalue weighted by Crippen LogP contribution is -2.72. The number of methoxy groups -OCH3 is 1. The number of hydrogen-bond acceptors (Lipinski definition) is 10. The molecule has 9 rings (SSSR count). The van der Waals surface area contributed by atoms with Crippen molar-refractivity contribution >= 4 is 22.6 Å². The minimum absolute atomic E-state index is 0.00643. The lowest BCUT2D eigenvalue weighted by molar-refractivity contribution is -0.164. The van der Waals surface area contributed by atoms with E-state index < -0.39 is 24.0 Å². The molecule has 2 bridgehead atoms.